The van der Waals surface area contributed by atoms with E-state index < -0.39 is 15.5 Å². The van der Waals surface area contributed by atoms with Gasteiger partial charge in [-0.3, -0.25) is 4.55 Å². The Labute approximate surface area is 82.9 Å². The molecular formula is C8H12N2O3S. The van der Waals surface area contributed by atoms with Crippen LogP contribution in [-0.2, 0) is 10.1 Å². The van der Waals surface area contributed by atoms with E-state index in [4.69, 9.17) is 4.55 Å². The summed E-state index contributed by atoms with van der Waals surface area (Å²) < 4.78 is 29.8. The van der Waals surface area contributed by atoms with Crippen LogP contribution in [0.1, 0.15) is 6.92 Å². The number of hydrogen-bond donors (Lipinski definition) is 3. The van der Waals surface area contributed by atoms with Gasteiger partial charge in [0.25, 0.3) is 10.1 Å². The van der Waals surface area contributed by atoms with Crippen molar-refractivity contribution >= 4 is 15.8 Å². The van der Waals surface area contributed by atoms with Crippen molar-refractivity contribution in [3.05, 3.63) is 30.3 Å². The zero-order valence-corrected chi connectivity index (χ0v) is 8.45. The predicted octanol–water partition coefficient (Wildman–Crippen LogP) is 0.837. The van der Waals surface area contributed by atoms with Crippen molar-refractivity contribution in [1.82, 2.24) is 5.43 Å². The molecule has 0 fully saturated rings. The summed E-state index contributed by atoms with van der Waals surface area (Å²) in [5, 5.41) is -1.05. The summed E-state index contributed by atoms with van der Waals surface area (Å²) in [6.07, 6.45) is 0. The van der Waals surface area contributed by atoms with E-state index in [1.54, 1.807) is 12.1 Å². The zero-order valence-electron chi connectivity index (χ0n) is 7.64. The van der Waals surface area contributed by atoms with Crippen molar-refractivity contribution in [2.75, 3.05) is 5.43 Å². The van der Waals surface area contributed by atoms with Crippen LogP contribution in [0, 0.1) is 0 Å². The summed E-state index contributed by atoms with van der Waals surface area (Å²) in [5.41, 5.74) is 5.84. The summed E-state index contributed by atoms with van der Waals surface area (Å²) >= 11 is 0. The number of benzene rings is 1. The second-order valence-corrected chi connectivity index (χ2v) is 4.53. The Morgan fingerprint density at radius 2 is 1.86 bits per heavy atom. The molecule has 0 heterocycles. The van der Waals surface area contributed by atoms with E-state index in [0.29, 0.717) is 0 Å². The normalized spacial score (nSPS) is 13.6. The van der Waals surface area contributed by atoms with Gasteiger partial charge in [0, 0.05) is 5.69 Å². The average molecular weight is 216 g/mol. The first-order chi connectivity index (χ1) is 6.50. The maximum atomic E-state index is 10.6. The second kappa shape index (κ2) is 4.41. The third-order valence-electron chi connectivity index (χ3n) is 1.64. The third kappa shape index (κ3) is 3.33. The molecule has 0 amide bonds. The number of nitrogens with one attached hydrogen (secondary N) is 2. The van der Waals surface area contributed by atoms with Crippen LogP contribution in [0.4, 0.5) is 5.69 Å². The van der Waals surface area contributed by atoms with Crippen LogP contribution in [0.2, 0.25) is 0 Å². The summed E-state index contributed by atoms with van der Waals surface area (Å²) in [7, 11) is -4.05. The van der Waals surface area contributed by atoms with Crippen molar-refractivity contribution < 1.29 is 13.0 Å². The molecule has 0 radical (unpaired) electrons. The number of anilines is 1. The molecule has 1 unspecified atom stereocenters. The standard InChI is InChI=1S/C8H12N2O3S/c1-7(14(11,12)13)9-10-8-5-3-2-4-6-8/h2-7,9-10H,1H3,(H,11,12,13). The van der Waals surface area contributed by atoms with E-state index in [1.165, 1.54) is 6.92 Å². The lowest BCUT2D eigenvalue weighted by Crippen LogP contribution is -2.37. The first kappa shape index (κ1) is 11.0. The molecule has 0 aliphatic rings. The van der Waals surface area contributed by atoms with Crippen molar-refractivity contribution in [3.63, 3.8) is 0 Å². The Kier molecular flexibility index (Phi) is 3.45. The Bertz CT molecular complexity index is 377. The lowest BCUT2D eigenvalue weighted by Gasteiger charge is -2.12. The third-order valence-corrected chi connectivity index (χ3v) is 2.65. The van der Waals surface area contributed by atoms with Crippen LogP contribution in [0.3, 0.4) is 0 Å². The fourth-order valence-corrected chi connectivity index (χ4v) is 0.989. The van der Waals surface area contributed by atoms with Gasteiger partial charge < -0.3 is 5.43 Å². The van der Waals surface area contributed by atoms with E-state index in [0.717, 1.165) is 5.69 Å². The summed E-state index contributed by atoms with van der Waals surface area (Å²) in [4.78, 5) is 0. The maximum absolute atomic E-state index is 10.6. The second-order valence-electron chi connectivity index (χ2n) is 2.79. The highest BCUT2D eigenvalue weighted by molar-refractivity contribution is 7.86. The highest BCUT2D eigenvalue weighted by Gasteiger charge is 2.15. The Balaban J connectivity index is 2.50. The van der Waals surface area contributed by atoms with Gasteiger partial charge in [0.2, 0.25) is 0 Å². The topological polar surface area (TPSA) is 78.4 Å². The number of hydrogen-bond acceptors (Lipinski definition) is 4. The van der Waals surface area contributed by atoms with Crippen LogP contribution in [-0.4, -0.2) is 18.3 Å². The Hall–Kier alpha value is -1.11. The van der Waals surface area contributed by atoms with Crippen LogP contribution < -0.4 is 10.9 Å². The lowest BCUT2D eigenvalue weighted by molar-refractivity contribution is 0.462. The summed E-state index contributed by atoms with van der Waals surface area (Å²) in [6.45, 7) is 1.34. The van der Waals surface area contributed by atoms with Crippen LogP contribution in [0.15, 0.2) is 30.3 Å². The van der Waals surface area contributed by atoms with E-state index in [-0.39, 0.29) is 0 Å². The van der Waals surface area contributed by atoms with Crippen molar-refractivity contribution in [2.45, 2.75) is 12.3 Å². The molecule has 78 valence electrons. The zero-order chi connectivity index (χ0) is 10.6. The molecule has 3 N–H and O–H groups in total. The molecule has 0 aromatic heterocycles. The highest BCUT2D eigenvalue weighted by Crippen LogP contribution is 2.03. The number of hydrazine groups is 1. The molecule has 0 spiro atoms. The monoisotopic (exact) mass is 216 g/mol. The van der Waals surface area contributed by atoms with E-state index in [2.05, 4.69) is 10.9 Å². The molecule has 5 nitrogen and oxygen atoms in total. The van der Waals surface area contributed by atoms with E-state index >= 15 is 0 Å². The van der Waals surface area contributed by atoms with Crippen LogP contribution in [0.5, 0.6) is 0 Å². The van der Waals surface area contributed by atoms with E-state index in [1.807, 2.05) is 18.2 Å². The highest BCUT2D eigenvalue weighted by atomic mass is 32.2. The Morgan fingerprint density at radius 1 is 1.29 bits per heavy atom. The minimum Gasteiger partial charge on any atom is -0.320 e. The van der Waals surface area contributed by atoms with Gasteiger partial charge in [0.15, 0.2) is 0 Å². The fraction of sp³-hybridized carbons (Fsp3) is 0.250. The van der Waals surface area contributed by atoms with Crippen molar-refractivity contribution in [1.29, 1.82) is 0 Å². The molecule has 0 bridgehead atoms. The number of para-hydroxylation sites is 1. The van der Waals surface area contributed by atoms with Gasteiger partial charge in [-0.25, -0.2) is 5.43 Å². The molecule has 0 saturated carbocycles. The maximum Gasteiger partial charge on any atom is 0.282 e. The Morgan fingerprint density at radius 3 is 2.36 bits per heavy atom. The van der Waals surface area contributed by atoms with Crippen molar-refractivity contribution in [2.24, 2.45) is 0 Å². The molecule has 0 aliphatic heterocycles. The molecule has 0 saturated heterocycles. The van der Waals surface area contributed by atoms with Gasteiger partial charge in [0.05, 0.1) is 0 Å². The SMILES string of the molecule is CC(NNc1ccccc1)S(=O)(=O)O. The van der Waals surface area contributed by atoms with Crippen LogP contribution in [0.25, 0.3) is 0 Å². The van der Waals surface area contributed by atoms with Gasteiger partial charge in [-0.15, -0.1) is 0 Å². The summed E-state index contributed by atoms with van der Waals surface area (Å²) in [5.74, 6) is 0. The van der Waals surface area contributed by atoms with Gasteiger partial charge in [0.1, 0.15) is 5.37 Å². The quantitative estimate of drug-likeness (QED) is 0.513. The predicted molar refractivity (Wildman–Crippen MR) is 54.2 cm³/mol. The molecule has 1 atom stereocenters. The van der Waals surface area contributed by atoms with Gasteiger partial charge in [-0.2, -0.15) is 8.42 Å². The molecule has 1 aromatic rings. The fourth-order valence-electron chi connectivity index (χ4n) is 0.781. The molecule has 6 heteroatoms. The molecular weight excluding hydrogens is 204 g/mol. The van der Waals surface area contributed by atoms with Gasteiger partial charge in [-0.1, -0.05) is 18.2 Å². The molecule has 1 aromatic carbocycles. The largest absolute Gasteiger partial charge is 0.320 e. The first-order valence-electron chi connectivity index (χ1n) is 4.03. The summed E-state index contributed by atoms with van der Waals surface area (Å²) in [6, 6.07) is 9.00. The first-order valence-corrected chi connectivity index (χ1v) is 5.53. The minimum absolute atomic E-state index is 0.725. The molecule has 14 heavy (non-hydrogen) atoms. The molecule has 1 rings (SSSR count). The van der Waals surface area contributed by atoms with Gasteiger partial charge >= 0.3 is 0 Å². The van der Waals surface area contributed by atoms with Crippen molar-refractivity contribution in [3.8, 4) is 0 Å². The van der Waals surface area contributed by atoms with Crippen LogP contribution >= 0.6 is 0 Å². The lowest BCUT2D eigenvalue weighted by atomic mass is 10.3. The van der Waals surface area contributed by atoms with E-state index in [9.17, 15) is 8.42 Å². The minimum atomic E-state index is -4.05. The smallest absolute Gasteiger partial charge is 0.282 e. The van der Waals surface area contributed by atoms with Gasteiger partial charge in [-0.05, 0) is 19.1 Å². The molecule has 0 aliphatic carbocycles. The number of rotatable bonds is 4. The average Bonchev–Trinajstić information content (AvgIpc) is 2.14.